The molecule has 1 aliphatic rings. The molecule has 7 heteroatoms. The molecule has 1 fully saturated rings. The lowest BCUT2D eigenvalue weighted by Crippen LogP contribution is -2.28. The third-order valence-electron chi connectivity index (χ3n) is 5.30. The van der Waals surface area contributed by atoms with Gasteiger partial charge in [0.05, 0.1) is 16.5 Å². The van der Waals surface area contributed by atoms with Crippen LogP contribution in [0.4, 0.5) is 5.69 Å². The molecular formula is C25H21N3O2S2. The first-order valence-corrected chi connectivity index (χ1v) is 12.5. The summed E-state index contributed by atoms with van der Waals surface area (Å²) in [5.41, 5.74) is 2.90. The van der Waals surface area contributed by atoms with E-state index in [1.54, 1.807) is 18.2 Å². The molecule has 0 atom stereocenters. The van der Waals surface area contributed by atoms with Crippen LogP contribution in [0.1, 0.15) is 26.2 Å². The van der Waals surface area contributed by atoms with Crippen LogP contribution in [0.25, 0.3) is 10.8 Å². The van der Waals surface area contributed by atoms with Crippen LogP contribution in [0.2, 0.25) is 0 Å². The molecule has 5 rings (SSSR count). The van der Waals surface area contributed by atoms with Crippen LogP contribution in [0.15, 0.2) is 83.7 Å². The molecule has 0 spiro atoms. The summed E-state index contributed by atoms with van der Waals surface area (Å²) in [5, 5.41) is 8.50. The number of anilines is 1. The van der Waals surface area contributed by atoms with Gasteiger partial charge in [0.2, 0.25) is 0 Å². The first kappa shape index (κ1) is 20.8. The van der Waals surface area contributed by atoms with E-state index in [4.69, 9.17) is 0 Å². The van der Waals surface area contributed by atoms with E-state index in [9.17, 15) is 9.59 Å². The van der Waals surface area contributed by atoms with Crippen LogP contribution >= 0.6 is 23.5 Å². The van der Waals surface area contributed by atoms with Crippen LogP contribution in [0.3, 0.4) is 0 Å². The van der Waals surface area contributed by atoms with Crippen molar-refractivity contribution in [2.75, 3.05) is 16.8 Å². The SMILES string of the molecule is O=C(Nc1cccc(C2SCCS2)c1)c1nn(Cc2ccccc2)c(=O)c2ccccc12. The fraction of sp³-hybridized carbons (Fsp3) is 0.160. The minimum Gasteiger partial charge on any atom is -0.321 e. The van der Waals surface area contributed by atoms with Crippen LogP contribution in [-0.2, 0) is 6.54 Å². The van der Waals surface area contributed by atoms with Crippen LogP contribution in [0, 0.1) is 0 Å². The van der Waals surface area contributed by atoms with Crippen molar-refractivity contribution in [2.24, 2.45) is 0 Å². The molecule has 0 aliphatic carbocycles. The maximum Gasteiger partial charge on any atom is 0.276 e. The number of nitrogens with zero attached hydrogens (tertiary/aromatic N) is 2. The number of thioether (sulfide) groups is 2. The van der Waals surface area contributed by atoms with Gasteiger partial charge in [-0.1, -0.05) is 60.7 Å². The Morgan fingerprint density at radius 2 is 1.66 bits per heavy atom. The fourth-order valence-electron chi connectivity index (χ4n) is 3.77. The van der Waals surface area contributed by atoms with Crippen molar-refractivity contribution in [3.05, 3.63) is 106 Å². The number of hydrogen-bond donors (Lipinski definition) is 1. The fourth-order valence-corrected chi connectivity index (χ4v) is 6.61. The molecule has 4 aromatic rings. The highest BCUT2D eigenvalue weighted by Gasteiger charge is 2.20. The first-order chi connectivity index (χ1) is 15.7. The summed E-state index contributed by atoms with van der Waals surface area (Å²) in [6.45, 7) is 0.302. The summed E-state index contributed by atoms with van der Waals surface area (Å²) in [4.78, 5) is 26.3. The molecule has 0 unspecified atom stereocenters. The number of rotatable bonds is 5. The number of aromatic nitrogens is 2. The topological polar surface area (TPSA) is 64.0 Å². The van der Waals surface area contributed by atoms with Gasteiger partial charge in [-0.3, -0.25) is 9.59 Å². The molecule has 1 aliphatic heterocycles. The van der Waals surface area contributed by atoms with Crippen molar-refractivity contribution in [1.29, 1.82) is 0 Å². The van der Waals surface area contributed by atoms with E-state index in [0.717, 1.165) is 22.8 Å². The molecule has 0 radical (unpaired) electrons. The molecule has 5 nitrogen and oxygen atoms in total. The third-order valence-corrected chi connectivity index (χ3v) is 8.40. The lowest BCUT2D eigenvalue weighted by molar-refractivity contribution is 0.102. The molecule has 3 aromatic carbocycles. The van der Waals surface area contributed by atoms with E-state index in [1.165, 1.54) is 10.2 Å². The van der Waals surface area contributed by atoms with Gasteiger partial charge in [-0.15, -0.1) is 23.5 Å². The number of fused-ring (bicyclic) bond motifs is 1. The van der Waals surface area contributed by atoms with Crippen LogP contribution in [0.5, 0.6) is 0 Å². The average Bonchev–Trinajstić information content (AvgIpc) is 3.37. The number of benzene rings is 3. The number of amides is 1. The van der Waals surface area contributed by atoms with Gasteiger partial charge in [-0.2, -0.15) is 5.10 Å². The van der Waals surface area contributed by atoms with E-state index in [1.807, 2.05) is 78.1 Å². The Bertz CT molecular complexity index is 1330. The molecule has 1 aromatic heterocycles. The summed E-state index contributed by atoms with van der Waals surface area (Å²) in [7, 11) is 0. The summed E-state index contributed by atoms with van der Waals surface area (Å²) in [6, 6.07) is 24.7. The minimum absolute atomic E-state index is 0.210. The molecule has 1 N–H and O–H groups in total. The van der Waals surface area contributed by atoms with Gasteiger partial charge in [-0.05, 0) is 29.3 Å². The Labute approximate surface area is 194 Å². The van der Waals surface area contributed by atoms with E-state index in [2.05, 4.69) is 16.5 Å². The molecular weight excluding hydrogens is 438 g/mol. The lowest BCUT2D eigenvalue weighted by Gasteiger charge is -2.13. The van der Waals surface area contributed by atoms with E-state index >= 15 is 0 Å². The molecule has 1 amide bonds. The second-order valence-electron chi connectivity index (χ2n) is 7.50. The molecule has 2 heterocycles. The number of carbonyl (C=O) groups excluding carboxylic acids is 1. The molecule has 160 valence electrons. The van der Waals surface area contributed by atoms with Gasteiger partial charge >= 0.3 is 0 Å². The molecule has 0 bridgehead atoms. The van der Waals surface area contributed by atoms with Crippen molar-refractivity contribution < 1.29 is 4.79 Å². The number of nitrogens with one attached hydrogen (secondary N) is 1. The Morgan fingerprint density at radius 3 is 2.44 bits per heavy atom. The average molecular weight is 460 g/mol. The van der Waals surface area contributed by atoms with Crippen molar-refractivity contribution in [3.63, 3.8) is 0 Å². The smallest absolute Gasteiger partial charge is 0.276 e. The predicted octanol–water partition coefficient (Wildman–Crippen LogP) is 5.18. The summed E-state index contributed by atoms with van der Waals surface area (Å²) in [6.07, 6.45) is 0. The maximum atomic E-state index is 13.3. The Balaban J connectivity index is 1.50. The van der Waals surface area contributed by atoms with Crippen molar-refractivity contribution in [2.45, 2.75) is 11.1 Å². The normalized spacial score (nSPS) is 14.0. The highest BCUT2D eigenvalue weighted by Crippen LogP contribution is 2.45. The first-order valence-electron chi connectivity index (χ1n) is 10.4. The maximum absolute atomic E-state index is 13.3. The van der Waals surface area contributed by atoms with Crippen LogP contribution < -0.4 is 10.9 Å². The summed E-state index contributed by atoms with van der Waals surface area (Å²) < 4.78 is 1.77. The molecule has 0 saturated carbocycles. The standard InChI is InChI=1S/C25H21N3O2S2/c29-23(26-19-10-6-9-18(15-19)25-31-13-14-32-25)22-20-11-4-5-12-21(20)24(30)28(27-22)16-17-7-2-1-3-8-17/h1-12,15,25H,13-14,16H2,(H,26,29). The van der Waals surface area contributed by atoms with Crippen molar-refractivity contribution >= 4 is 45.9 Å². The van der Waals surface area contributed by atoms with Crippen LogP contribution in [-0.4, -0.2) is 27.2 Å². The molecule has 32 heavy (non-hydrogen) atoms. The van der Waals surface area contributed by atoms with Gasteiger partial charge in [0, 0.05) is 22.6 Å². The summed E-state index contributed by atoms with van der Waals surface area (Å²) >= 11 is 3.85. The minimum atomic E-state index is -0.327. The zero-order valence-electron chi connectivity index (χ0n) is 17.2. The van der Waals surface area contributed by atoms with Gasteiger partial charge in [-0.25, -0.2) is 4.68 Å². The van der Waals surface area contributed by atoms with Gasteiger partial charge in [0.25, 0.3) is 11.5 Å². The van der Waals surface area contributed by atoms with E-state index < -0.39 is 0 Å². The number of hydrogen-bond acceptors (Lipinski definition) is 5. The Kier molecular flexibility index (Phi) is 6.01. The monoisotopic (exact) mass is 459 g/mol. The van der Waals surface area contributed by atoms with Gasteiger partial charge in [0.15, 0.2) is 5.69 Å². The van der Waals surface area contributed by atoms with Crippen molar-refractivity contribution in [3.8, 4) is 0 Å². The third kappa shape index (κ3) is 4.31. The predicted molar refractivity (Wildman–Crippen MR) is 134 cm³/mol. The van der Waals surface area contributed by atoms with Crippen molar-refractivity contribution in [1.82, 2.24) is 9.78 Å². The molecule has 1 saturated heterocycles. The largest absolute Gasteiger partial charge is 0.321 e. The Morgan fingerprint density at radius 1 is 0.938 bits per heavy atom. The van der Waals surface area contributed by atoms with Gasteiger partial charge in [0.1, 0.15) is 0 Å². The van der Waals surface area contributed by atoms with E-state index in [0.29, 0.717) is 21.9 Å². The Hall–Kier alpha value is -3.03. The van der Waals surface area contributed by atoms with Gasteiger partial charge < -0.3 is 5.32 Å². The summed E-state index contributed by atoms with van der Waals surface area (Å²) in [5.74, 6) is 1.96. The second kappa shape index (κ2) is 9.22. The van der Waals surface area contributed by atoms with E-state index in [-0.39, 0.29) is 17.2 Å². The lowest BCUT2D eigenvalue weighted by atomic mass is 10.1. The highest BCUT2D eigenvalue weighted by atomic mass is 32.2. The zero-order chi connectivity index (χ0) is 21.9. The number of carbonyl (C=O) groups is 1. The zero-order valence-corrected chi connectivity index (χ0v) is 18.9. The second-order valence-corrected chi connectivity index (χ2v) is 10.2. The highest BCUT2D eigenvalue weighted by molar-refractivity contribution is 8.19. The quantitative estimate of drug-likeness (QED) is 0.446.